The molecule has 1 heterocycles. The van der Waals surface area contributed by atoms with E-state index in [0.717, 1.165) is 6.92 Å². The van der Waals surface area contributed by atoms with Crippen molar-refractivity contribution in [1.82, 2.24) is 0 Å². The third kappa shape index (κ3) is 4.20. The highest BCUT2D eigenvalue weighted by molar-refractivity contribution is 5.85. The Kier molecular flexibility index (Phi) is 7.66. The predicted octanol–water partition coefficient (Wildman–Crippen LogP) is -2.73. The summed E-state index contributed by atoms with van der Waals surface area (Å²) in [6.07, 6.45) is -8.67. The molecule has 0 aromatic rings. The van der Waals surface area contributed by atoms with Gasteiger partial charge in [-0.05, 0) is 0 Å². The highest BCUT2D eigenvalue weighted by Crippen LogP contribution is 2.41. The highest BCUT2D eigenvalue weighted by atomic mass is 17.2. The van der Waals surface area contributed by atoms with E-state index in [9.17, 15) is 39.9 Å². The Balaban J connectivity index is 3.40. The van der Waals surface area contributed by atoms with Crippen LogP contribution in [0, 0.1) is 0 Å². The van der Waals surface area contributed by atoms with E-state index in [1.807, 2.05) is 0 Å². The lowest BCUT2D eigenvalue weighted by Gasteiger charge is -2.51. The Morgan fingerprint density at radius 2 is 1.70 bits per heavy atom. The Bertz CT molecular complexity index is 563. The molecule has 156 valence electrons. The van der Waals surface area contributed by atoms with Gasteiger partial charge in [-0.2, -0.15) is 0 Å². The van der Waals surface area contributed by atoms with Crippen LogP contribution < -0.4 is 0 Å². The number of ether oxygens (including phenoxy) is 2. The molecule has 0 amide bonds. The molecule has 6 atom stereocenters. The van der Waals surface area contributed by atoms with E-state index in [4.69, 9.17) is 9.47 Å². The zero-order chi connectivity index (χ0) is 21.0. The molecular formula is C15H24O12. The van der Waals surface area contributed by atoms with Crippen LogP contribution in [0.15, 0.2) is 0 Å². The second-order valence-corrected chi connectivity index (χ2v) is 5.92. The van der Waals surface area contributed by atoms with Gasteiger partial charge in [0.15, 0.2) is 0 Å². The predicted molar refractivity (Wildman–Crippen MR) is 82.2 cm³/mol. The highest BCUT2D eigenvalue weighted by Gasteiger charge is 2.70. The van der Waals surface area contributed by atoms with Crippen molar-refractivity contribution < 1.29 is 59.2 Å². The van der Waals surface area contributed by atoms with Gasteiger partial charge in [0.1, 0.15) is 24.4 Å². The average Bonchev–Trinajstić information content (AvgIpc) is 2.64. The lowest BCUT2D eigenvalue weighted by atomic mass is 9.79. The fourth-order valence-corrected chi connectivity index (χ4v) is 2.67. The molecule has 0 bridgehead atoms. The summed E-state index contributed by atoms with van der Waals surface area (Å²) in [7, 11) is 0. The molecule has 27 heavy (non-hydrogen) atoms. The molecule has 0 radical (unpaired) electrons. The van der Waals surface area contributed by atoms with E-state index < -0.39 is 66.7 Å². The summed E-state index contributed by atoms with van der Waals surface area (Å²) in [6, 6.07) is 0. The maximum absolute atomic E-state index is 12.6. The Hall–Kier alpha value is -1.83. The summed E-state index contributed by atoms with van der Waals surface area (Å²) in [4.78, 5) is 43.9. The van der Waals surface area contributed by atoms with Crippen molar-refractivity contribution in [2.24, 2.45) is 0 Å². The van der Waals surface area contributed by atoms with Crippen molar-refractivity contribution in [1.29, 1.82) is 0 Å². The summed E-state index contributed by atoms with van der Waals surface area (Å²) in [5, 5.41) is 50.2. The largest absolute Gasteiger partial charge is 0.441 e. The van der Waals surface area contributed by atoms with E-state index in [-0.39, 0.29) is 6.42 Å². The van der Waals surface area contributed by atoms with Crippen molar-refractivity contribution in [2.75, 3.05) is 6.61 Å². The SMILES string of the molecule is CCC(=O)OOC(=O)C(CC)(OC(C)=O)[C@@]1(O)O[C@H](CO)[C@@H](O)[C@H](O)[C@H]1O. The molecule has 1 fully saturated rings. The quantitative estimate of drug-likeness (QED) is 0.177. The zero-order valence-electron chi connectivity index (χ0n) is 15.0. The van der Waals surface area contributed by atoms with Crippen molar-refractivity contribution in [3.63, 3.8) is 0 Å². The molecule has 5 N–H and O–H groups in total. The van der Waals surface area contributed by atoms with Gasteiger partial charge in [-0.15, -0.1) is 0 Å². The van der Waals surface area contributed by atoms with Gasteiger partial charge in [0.05, 0.1) is 6.61 Å². The first-order valence-electron chi connectivity index (χ1n) is 8.17. The maximum atomic E-state index is 12.6. The Labute approximate surface area is 154 Å². The van der Waals surface area contributed by atoms with Gasteiger partial charge in [0.25, 0.3) is 5.60 Å². The van der Waals surface area contributed by atoms with Crippen LogP contribution in [-0.2, 0) is 33.6 Å². The van der Waals surface area contributed by atoms with Crippen LogP contribution >= 0.6 is 0 Å². The van der Waals surface area contributed by atoms with E-state index in [0.29, 0.717) is 0 Å². The third-order valence-corrected chi connectivity index (χ3v) is 4.19. The summed E-state index contributed by atoms with van der Waals surface area (Å²) in [5.41, 5.74) is -2.80. The van der Waals surface area contributed by atoms with Gasteiger partial charge in [0.2, 0.25) is 5.79 Å². The van der Waals surface area contributed by atoms with Gasteiger partial charge in [-0.25, -0.2) is 19.4 Å². The van der Waals surface area contributed by atoms with Crippen LogP contribution in [0.2, 0.25) is 0 Å². The van der Waals surface area contributed by atoms with Crippen molar-refractivity contribution in [2.45, 2.75) is 69.4 Å². The van der Waals surface area contributed by atoms with Gasteiger partial charge < -0.3 is 35.0 Å². The summed E-state index contributed by atoms with van der Waals surface area (Å²) < 4.78 is 9.95. The van der Waals surface area contributed by atoms with Gasteiger partial charge >= 0.3 is 17.9 Å². The molecular weight excluding hydrogens is 372 g/mol. The smallest absolute Gasteiger partial charge is 0.404 e. The van der Waals surface area contributed by atoms with Crippen molar-refractivity contribution in [3.05, 3.63) is 0 Å². The Morgan fingerprint density at radius 1 is 1.11 bits per heavy atom. The van der Waals surface area contributed by atoms with Crippen LogP contribution in [0.3, 0.4) is 0 Å². The molecule has 1 unspecified atom stereocenters. The Morgan fingerprint density at radius 3 is 2.15 bits per heavy atom. The minimum absolute atomic E-state index is 0.166. The molecule has 12 nitrogen and oxygen atoms in total. The van der Waals surface area contributed by atoms with Crippen LogP contribution in [-0.4, -0.2) is 85.9 Å². The number of esters is 1. The van der Waals surface area contributed by atoms with E-state index in [2.05, 4.69) is 9.78 Å². The molecule has 1 aliphatic heterocycles. The van der Waals surface area contributed by atoms with Gasteiger partial charge in [-0.1, -0.05) is 13.8 Å². The second kappa shape index (κ2) is 8.91. The summed E-state index contributed by atoms with van der Waals surface area (Å²) in [6.45, 7) is 2.60. The average molecular weight is 396 g/mol. The maximum Gasteiger partial charge on any atom is 0.404 e. The van der Waals surface area contributed by atoms with E-state index >= 15 is 0 Å². The zero-order valence-corrected chi connectivity index (χ0v) is 15.0. The third-order valence-electron chi connectivity index (χ3n) is 4.19. The number of hydrogen-bond acceptors (Lipinski definition) is 12. The minimum Gasteiger partial charge on any atom is -0.441 e. The number of rotatable bonds is 6. The van der Waals surface area contributed by atoms with Crippen LogP contribution in [0.25, 0.3) is 0 Å². The van der Waals surface area contributed by atoms with Crippen LogP contribution in [0.5, 0.6) is 0 Å². The molecule has 1 aliphatic rings. The first-order valence-corrected chi connectivity index (χ1v) is 8.17. The first kappa shape index (κ1) is 23.2. The normalized spacial score (nSPS) is 32.9. The van der Waals surface area contributed by atoms with Crippen molar-refractivity contribution >= 4 is 17.9 Å². The number of aliphatic hydroxyl groups is 5. The number of aliphatic hydroxyl groups excluding tert-OH is 4. The molecule has 0 aliphatic carbocycles. The lowest BCUT2D eigenvalue weighted by molar-refractivity contribution is -0.400. The van der Waals surface area contributed by atoms with Gasteiger partial charge in [-0.3, -0.25) is 4.79 Å². The van der Waals surface area contributed by atoms with Crippen LogP contribution in [0.1, 0.15) is 33.6 Å². The van der Waals surface area contributed by atoms with E-state index in [1.54, 1.807) is 0 Å². The molecule has 12 heteroatoms. The lowest BCUT2D eigenvalue weighted by Crippen LogP contribution is -2.76. The second-order valence-electron chi connectivity index (χ2n) is 5.92. The summed E-state index contributed by atoms with van der Waals surface area (Å²) >= 11 is 0. The molecule has 0 spiro atoms. The number of carbonyl (C=O) groups is 3. The standard InChI is InChI=1S/C15H24O12/c1-4-9(18)26-27-13(22)14(5-2,24-7(3)17)15(23)12(21)11(20)10(19)8(6-16)25-15/h8,10-12,16,19-21,23H,4-6H2,1-3H3/t8-,10-,11+,12-,14?,15+/m1/s1. The fourth-order valence-electron chi connectivity index (χ4n) is 2.67. The first-order chi connectivity index (χ1) is 12.5. The minimum atomic E-state index is -3.16. The van der Waals surface area contributed by atoms with Crippen molar-refractivity contribution in [3.8, 4) is 0 Å². The molecule has 1 rings (SSSR count). The fraction of sp³-hybridized carbons (Fsp3) is 0.800. The monoisotopic (exact) mass is 396 g/mol. The molecule has 0 aromatic carbocycles. The molecule has 0 aromatic heterocycles. The summed E-state index contributed by atoms with van der Waals surface area (Å²) in [5.74, 6) is -6.85. The number of carbonyl (C=O) groups excluding carboxylic acids is 3. The number of hydrogen-bond donors (Lipinski definition) is 5. The van der Waals surface area contributed by atoms with E-state index in [1.165, 1.54) is 13.8 Å². The molecule has 1 saturated heterocycles. The topological polar surface area (TPSA) is 189 Å². The van der Waals surface area contributed by atoms with Gasteiger partial charge in [0, 0.05) is 19.8 Å². The van der Waals surface area contributed by atoms with Crippen LogP contribution in [0.4, 0.5) is 0 Å². The molecule has 0 saturated carbocycles.